The maximum atomic E-state index is 12.7. The molecule has 0 saturated heterocycles. The van der Waals surface area contributed by atoms with Crippen LogP contribution in [0.4, 0.5) is 5.13 Å². The van der Waals surface area contributed by atoms with Gasteiger partial charge in [-0.25, -0.2) is 9.97 Å². The molecule has 0 aliphatic carbocycles. The highest BCUT2D eigenvalue weighted by Gasteiger charge is 2.20. The fourth-order valence-electron chi connectivity index (χ4n) is 2.66. The standard InChI is InChI=1S/C17H14N4O2S2/c1-8-4-5-10-11(6-8)24-17(19-10)20-14(22)13-9(2)12-15(25-13)18-7-21(3)16(12)23/h4-7H,1-3H3,(H,19,20,22). The molecule has 0 saturated carbocycles. The molecule has 1 amide bonds. The van der Waals surface area contributed by atoms with Crippen molar-refractivity contribution in [3.05, 3.63) is 50.9 Å². The quantitative estimate of drug-likeness (QED) is 0.586. The van der Waals surface area contributed by atoms with Crippen LogP contribution in [0.1, 0.15) is 20.8 Å². The second-order valence-electron chi connectivity index (χ2n) is 5.84. The van der Waals surface area contributed by atoms with E-state index in [1.807, 2.05) is 25.1 Å². The highest BCUT2D eigenvalue weighted by molar-refractivity contribution is 7.23. The van der Waals surface area contributed by atoms with Crippen molar-refractivity contribution in [3.63, 3.8) is 0 Å². The molecule has 1 aromatic carbocycles. The van der Waals surface area contributed by atoms with Crippen LogP contribution in [0.15, 0.2) is 29.3 Å². The van der Waals surface area contributed by atoms with E-state index in [9.17, 15) is 9.59 Å². The SMILES string of the molecule is Cc1ccc2nc(NC(=O)c3sc4ncn(C)c(=O)c4c3C)sc2c1. The van der Waals surface area contributed by atoms with E-state index >= 15 is 0 Å². The molecule has 1 N–H and O–H groups in total. The Morgan fingerprint density at radius 1 is 1.24 bits per heavy atom. The Labute approximate surface area is 150 Å². The number of thiophene rings is 1. The number of carbonyl (C=O) groups excluding carboxylic acids is 1. The number of carbonyl (C=O) groups is 1. The van der Waals surface area contributed by atoms with Gasteiger partial charge >= 0.3 is 0 Å². The Balaban J connectivity index is 1.73. The maximum Gasteiger partial charge on any atom is 0.267 e. The van der Waals surface area contributed by atoms with Gasteiger partial charge in [-0.05, 0) is 37.1 Å². The monoisotopic (exact) mass is 370 g/mol. The minimum absolute atomic E-state index is 0.145. The molecule has 6 nitrogen and oxygen atoms in total. The first-order chi connectivity index (χ1) is 11.9. The maximum absolute atomic E-state index is 12.7. The number of fused-ring (bicyclic) bond motifs is 2. The summed E-state index contributed by atoms with van der Waals surface area (Å²) in [6.45, 7) is 3.80. The van der Waals surface area contributed by atoms with Crippen LogP contribution in [-0.2, 0) is 7.05 Å². The van der Waals surface area contributed by atoms with E-state index in [1.165, 1.54) is 33.6 Å². The topological polar surface area (TPSA) is 76.9 Å². The number of hydrogen-bond acceptors (Lipinski definition) is 6. The summed E-state index contributed by atoms with van der Waals surface area (Å²) in [4.78, 5) is 34.7. The van der Waals surface area contributed by atoms with E-state index < -0.39 is 0 Å². The number of nitrogens with one attached hydrogen (secondary N) is 1. The summed E-state index contributed by atoms with van der Waals surface area (Å²) in [5, 5.41) is 3.89. The molecule has 3 aromatic heterocycles. The number of hydrogen-bond donors (Lipinski definition) is 1. The molecule has 4 rings (SSSR count). The van der Waals surface area contributed by atoms with Crippen LogP contribution in [0, 0.1) is 13.8 Å². The van der Waals surface area contributed by atoms with Gasteiger partial charge in [-0.15, -0.1) is 11.3 Å². The van der Waals surface area contributed by atoms with Gasteiger partial charge in [0.1, 0.15) is 4.83 Å². The van der Waals surface area contributed by atoms with Gasteiger partial charge in [-0.3, -0.25) is 14.9 Å². The summed E-state index contributed by atoms with van der Waals surface area (Å²) in [7, 11) is 1.65. The fraction of sp³-hybridized carbons (Fsp3) is 0.176. The Bertz CT molecular complexity index is 1200. The van der Waals surface area contributed by atoms with Crippen LogP contribution in [0.25, 0.3) is 20.4 Å². The minimum atomic E-state index is -0.265. The van der Waals surface area contributed by atoms with E-state index in [0.29, 0.717) is 25.8 Å². The molecule has 0 aliphatic heterocycles. The van der Waals surface area contributed by atoms with Crippen LogP contribution in [0.2, 0.25) is 0 Å². The minimum Gasteiger partial charge on any atom is -0.302 e. The Hall–Kier alpha value is -2.58. The first kappa shape index (κ1) is 15.9. The Morgan fingerprint density at radius 3 is 2.84 bits per heavy atom. The molecule has 0 bridgehead atoms. The van der Waals surface area contributed by atoms with Gasteiger partial charge in [0.15, 0.2) is 5.13 Å². The average molecular weight is 370 g/mol. The van der Waals surface area contributed by atoms with E-state index in [0.717, 1.165) is 15.8 Å². The van der Waals surface area contributed by atoms with Crippen LogP contribution in [0.5, 0.6) is 0 Å². The molecular weight excluding hydrogens is 356 g/mol. The molecule has 25 heavy (non-hydrogen) atoms. The second kappa shape index (κ2) is 5.75. The lowest BCUT2D eigenvalue weighted by Crippen LogP contribution is -2.17. The van der Waals surface area contributed by atoms with Gasteiger partial charge in [0.25, 0.3) is 11.5 Å². The zero-order valence-corrected chi connectivity index (χ0v) is 15.4. The molecule has 0 spiro atoms. The van der Waals surface area contributed by atoms with Crippen molar-refractivity contribution in [2.45, 2.75) is 13.8 Å². The molecule has 8 heteroatoms. The lowest BCUT2D eigenvalue weighted by molar-refractivity contribution is 0.103. The smallest absolute Gasteiger partial charge is 0.267 e. The number of amides is 1. The zero-order valence-electron chi connectivity index (χ0n) is 13.8. The number of nitrogens with zero attached hydrogens (tertiary/aromatic N) is 3. The van der Waals surface area contributed by atoms with Gasteiger partial charge in [0, 0.05) is 7.05 Å². The van der Waals surface area contributed by atoms with Crippen LogP contribution in [0.3, 0.4) is 0 Å². The third-order valence-electron chi connectivity index (χ3n) is 3.98. The molecule has 126 valence electrons. The fourth-order valence-corrected chi connectivity index (χ4v) is 4.66. The third kappa shape index (κ3) is 2.63. The summed E-state index contributed by atoms with van der Waals surface area (Å²) in [6, 6.07) is 5.97. The molecule has 0 unspecified atom stereocenters. The first-order valence-electron chi connectivity index (χ1n) is 7.57. The summed E-state index contributed by atoms with van der Waals surface area (Å²) >= 11 is 2.66. The van der Waals surface area contributed by atoms with Crippen molar-refractivity contribution in [2.75, 3.05) is 5.32 Å². The molecule has 0 radical (unpaired) electrons. The van der Waals surface area contributed by atoms with E-state index in [-0.39, 0.29) is 11.5 Å². The van der Waals surface area contributed by atoms with Gasteiger partial charge < -0.3 is 4.57 Å². The van der Waals surface area contributed by atoms with Crippen molar-refractivity contribution < 1.29 is 4.79 Å². The van der Waals surface area contributed by atoms with Crippen molar-refractivity contribution in [1.82, 2.24) is 14.5 Å². The van der Waals surface area contributed by atoms with Crippen molar-refractivity contribution in [2.24, 2.45) is 7.05 Å². The predicted octanol–water partition coefficient (Wildman–Crippen LogP) is 3.47. The van der Waals surface area contributed by atoms with Crippen LogP contribution >= 0.6 is 22.7 Å². The molecule has 0 aliphatic rings. The number of aromatic nitrogens is 3. The van der Waals surface area contributed by atoms with E-state index in [1.54, 1.807) is 14.0 Å². The Kier molecular flexibility index (Phi) is 3.66. The van der Waals surface area contributed by atoms with E-state index in [4.69, 9.17) is 0 Å². The number of rotatable bonds is 2. The Morgan fingerprint density at radius 2 is 2.04 bits per heavy atom. The third-order valence-corrected chi connectivity index (χ3v) is 6.11. The van der Waals surface area contributed by atoms with Crippen LogP contribution < -0.4 is 10.9 Å². The average Bonchev–Trinajstić information content (AvgIpc) is 3.11. The number of anilines is 1. The highest BCUT2D eigenvalue weighted by Crippen LogP contribution is 2.30. The number of aryl methyl sites for hydroxylation is 3. The lowest BCUT2D eigenvalue weighted by Gasteiger charge is -1.99. The predicted molar refractivity (Wildman–Crippen MR) is 102 cm³/mol. The van der Waals surface area contributed by atoms with Crippen molar-refractivity contribution in [3.8, 4) is 0 Å². The summed E-state index contributed by atoms with van der Waals surface area (Å²) in [5.41, 5.74) is 2.52. The molecule has 0 atom stereocenters. The summed E-state index contributed by atoms with van der Waals surface area (Å²) in [6.07, 6.45) is 1.47. The number of thiazole rings is 1. The first-order valence-corrected chi connectivity index (χ1v) is 9.20. The highest BCUT2D eigenvalue weighted by atomic mass is 32.1. The summed E-state index contributed by atoms with van der Waals surface area (Å²) in [5.74, 6) is -0.265. The normalized spacial score (nSPS) is 11.3. The lowest BCUT2D eigenvalue weighted by atomic mass is 10.2. The van der Waals surface area contributed by atoms with Gasteiger partial charge in [-0.1, -0.05) is 17.4 Å². The summed E-state index contributed by atoms with van der Waals surface area (Å²) < 4.78 is 2.44. The van der Waals surface area contributed by atoms with Crippen LogP contribution in [-0.4, -0.2) is 20.4 Å². The molecule has 4 aromatic rings. The zero-order chi connectivity index (χ0) is 17.7. The van der Waals surface area contributed by atoms with Gasteiger partial charge in [0.05, 0.1) is 26.8 Å². The molecule has 3 heterocycles. The van der Waals surface area contributed by atoms with Crippen molar-refractivity contribution in [1.29, 1.82) is 0 Å². The second-order valence-corrected chi connectivity index (χ2v) is 7.87. The van der Waals surface area contributed by atoms with Gasteiger partial charge in [-0.2, -0.15) is 0 Å². The molecular formula is C17H14N4O2S2. The van der Waals surface area contributed by atoms with Gasteiger partial charge in [0.2, 0.25) is 0 Å². The van der Waals surface area contributed by atoms with E-state index in [2.05, 4.69) is 15.3 Å². The van der Waals surface area contributed by atoms with Crippen molar-refractivity contribution >= 4 is 54.1 Å². The largest absolute Gasteiger partial charge is 0.302 e. The number of benzene rings is 1. The molecule has 0 fully saturated rings.